The molecule has 1 N–H and O–H groups in total. The Morgan fingerprint density at radius 1 is 1.12 bits per heavy atom. The number of ether oxygens (including phenoxy) is 1. The Labute approximate surface area is 104 Å². The molecule has 94 valence electrons. The molecule has 1 fully saturated rings. The van der Waals surface area contributed by atoms with Crippen molar-refractivity contribution in [1.82, 2.24) is 5.32 Å². The van der Waals surface area contributed by atoms with Crippen molar-refractivity contribution < 1.29 is 4.74 Å². The van der Waals surface area contributed by atoms with Gasteiger partial charge in [-0.2, -0.15) is 0 Å². The minimum Gasteiger partial charge on any atom is -0.371 e. The standard InChI is InChI=1S/C15H23NO/c1-9-6-10(2)13(5)15(12(9)4)14-7-16-11(3)8-17-14/h6,11,14,16H,7-8H2,1-5H3. The van der Waals surface area contributed by atoms with Gasteiger partial charge in [-0.15, -0.1) is 0 Å². The van der Waals surface area contributed by atoms with Crippen LogP contribution in [0, 0.1) is 27.7 Å². The molecule has 1 heterocycles. The fourth-order valence-corrected chi connectivity index (χ4v) is 2.60. The van der Waals surface area contributed by atoms with E-state index in [2.05, 4.69) is 46.0 Å². The number of nitrogens with one attached hydrogen (secondary N) is 1. The zero-order valence-corrected chi connectivity index (χ0v) is 11.6. The van der Waals surface area contributed by atoms with E-state index >= 15 is 0 Å². The van der Waals surface area contributed by atoms with Crippen LogP contribution < -0.4 is 5.32 Å². The summed E-state index contributed by atoms with van der Waals surface area (Å²) in [6.07, 6.45) is 0.213. The molecule has 1 saturated heterocycles. The highest BCUT2D eigenvalue weighted by Crippen LogP contribution is 2.30. The molecule has 0 radical (unpaired) electrons. The average Bonchev–Trinajstić information content (AvgIpc) is 2.29. The van der Waals surface area contributed by atoms with Gasteiger partial charge in [0.15, 0.2) is 0 Å². The highest BCUT2D eigenvalue weighted by atomic mass is 16.5. The van der Waals surface area contributed by atoms with Gasteiger partial charge < -0.3 is 10.1 Å². The fraction of sp³-hybridized carbons (Fsp3) is 0.600. The molecule has 1 aromatic carbocycles. The zero-order chi connectivity index (χ0) is 12.6. The van der Waals surface area contributed by atoms with Crippen LogP contribution in [0.4, 0.5) is 0 Å². The molecule has 17 heavy (non-hydrogen) atoms. The first-order valence-electron chi connectivity index (χ1n) is 6.43. The Kier molecular flexibility index (Phi) is 3.55. The molecule has 2 rings (SSSR count). The third-order valence-electron chi connectivity index (χ3n) is 3.95. The first-order chi connectivity index (χ1) is 8.00. The van der Waals surface area contributed by atoms with Gasteiger partial charge in [-0.05, 0) is 62.4 Å². The van der Waals surface area contributed by atoms with E-state index in [1.165, 1.54) is 27.8 Å². The summed E-state index contributed by atoms with van der Waals surface area (Å²) in [5, 5.41) is 3.50. The highest BCUT2D eigenvalue weighted by molar-refractivity contribution is 5.45. The second-order valence-corrected chi connectivity index (χ2v) is 5.31. The molecule has 2 nitrogen and oxygen atoms in total. The summed E-state index contributed by atoms with van der Waals surface area (Å²) in [5.74, 6) is 0. The monoisotopic (exact) mass is 233 g/mol. The fourth-order valence-electron chi connectivity index (χ4n) is 2.60. The molecule has 1 aliphatic heterocycles. The van der Waals surface area contributed by atoms with Crippen LogP contribution >= 0.6 is 0 Å². The second-order valence-electron chi connectivity index (χ2n) is 5.31. The normalized spacial score (nSPS) is 25.0. The third kappa shape index (κ3) is 2.38. The molecule has 0 amide bonds. The van der Waals surface area contributed by atoms with Gasteiger partial charge >= 0.3 is 0 Å². The quantitative estimate of drug-likeness (QED) is 0.805. The van der Waals surface area contributed by atoms with Crippen molar-refractivity contribution in [1.29, 1.82) is 0 Å². The summed E-state index contributed by atoms with van der Waals surface area (Å²) in [5.41, 5.74) is 6.89. The van der Waals surface area contributed by atoms with E-state index in [9.17, 15) is 0 Å². The molecular weight excluding hydrogens is 210 g/mol. The Morgan fingerprint density at radius 3 is 2.18 bits per heavy atom. The van der Waals surface area contributed by atoms with Crippen LogP contribution in [0.5, 0.6) is 0 Å². The van der Waals surface area contributed by atoms with Gasteiger partial charge in [0.25, 0.3) is 0 Å². The third-order valence-corrected chi connectivity index (χ3v) is 3.95. The molecule has 1 aliphatic rings. The molecule has 0 spiro atoms. The highest BCUT2D eigenvalue weighted by Gasteiger charge is 2.23. The summed E-state index contributed by atoms with van der Waals surface area (Å²) in [7, 11) is 0. The summed E-state index contributed by atoms with van der Waals surface area (Å²) in [4.78, 5) is 0. The summed E-state index contributed by atoms with van der Waals surface area (Å²) < 4.78 is 5.99. The number of benzene rings is 1. The number of hydrogen-bond acceptors (Lipinski definition) is 2. The van der Waals surface area contributed by atoms with Gasteiger partial charge in [-0.25, -0.2) is 0 Å². The first-order valence-corrected chi connectivity index (χ1v) is 6.43. The van der Waals surface area contributed by atoms with E-state index in [4.69, 9.17) is 4.74 Å². The van der Waals surface area contributed by atoms with Crippen LogP contribution in [0.25, 0.3) is 0 Å². The molecule has 0 aromatic heterocycles. The zero-order valence-electron chi connectivity index (χ0n) is 11.6. The topological polar surface area (TPSA) is 21.3 Å². The number of rotatable bonds is 1. The van der Waals surface area contributed by atoms with Crippen molar-refractivity contribution in [3.8, 4) is 0 Å². The molecule has 1 aromatic rings. The van der Waals surface area contributed by atoms with E-state index in [-0.39, 0.29) is 6.10 Å². The summed E-state index contributed by atoms with van der Waals surface area (Å²) in [6, 6.07) is 2.74. The minimum absolute atomic E-state index is 0.213. The van der Waals surface area contributed by atoms with Crippen molar-refractivity contribution in [3.05, 3.63) is 33.9 Å². The Bertz CT molecular complexity index is 391. The lowest BCUT2D eigenvalue weighted by Gasteiger charge is -2.31. The van der Waals surface area contributed by atoms with Gasteiger partial charge in [0.2, 0.25) is 0 Å². The van der Waals surface area contributed by atoms with Crippen LogP contribution in [0.15, 0.2) is 6.07 Å². The SMILES string of the molecule is Cc1cc(C)c(C)c(C2CNC(C)CO2)c1C. The lowest BCUT2D eigenvalue weighted by molar-refractivity contribution is 0.00620. The second kappa shape index (κ2) is 4.79. The van der Waals surface area contributed by atoms with Gasteiger partial charge in [0.05, 0.1) is 12.7 Å². The summed E-state index contributed by atoms with van der Waals surface area (Å²) in [6.45, 7) is 12.7. The number of aryl methyl sites for hydroxylation is 2. The molecule has 0 aliphatic carbocycles. The van der Waals surface area contributed by atoms with Gasteiger partial charge in [-0.1, -0.05) is 6.07 Å². The van der Waals surface area contributed by atoms with Crippen molar-refractivity contribution in [2.45, 2.75) is 46.8 Å². The van der Waals surface area contributed by atoms with Crippen LogP contribution in [0.3, 0.4) is 0 Å². The first kappa shape index (κ1) is 12.6. The minimum atomic E-state index is 0.213. The van der Waals surface area contributed by atoms with E-state index < -0.39 is 0 Å². The maximum atomic E-state index is 5.99. The van der Waals surface area contributed by atoms with Crippen LogP contribution in [0.2, 0.25) is 0 Å². The Balaban J connectivity index is 2.37. The van der Waals surface area contributed by atoms with E-state index in [1.54, 1.807) is 0 Å². The van der Waals surface area contributed by atoms with Gasteiger partial charge in [0.1, 0.15) is 0 Å². The molecule has 2 heteroatoms. The molecule has 2 atom stereocenters. The average molecular weight is 233 g/mol. The van der Waals surface area contributed by atoms with Crippen LogP contribution in [-0.2, 0) is 4.74 Å². The molecule has 0 bridgehead atoms. The van der Waals surface area contributed by atoms with Crippen LogP contribution in [-0.4, -0.2) is 19.2 Å². The maximum absolute atomic E-state index is 5.99. The van der Waals surface area contributed by atoms with E-state index in [0.717, 1.165) is 13.2 Å². The van der Waals surface area contributed by atoms with Crippen molar-refractivity contribution in [3.63, 3.8) is 0 Å². The maximum Gasteiger partial charge on any atom is 0.0955 e. The molecular formula is C15H23NO. The predicted molar refractivity (Wildman–Crippen MR) is 71.5 cm³/mol. The van der Waals surface area contributed by atoms with E-state index in [0.29, 0.717) is 6.04 Å². The predicted octanol–water partition coefficient (Wildman–Crippen LogP) is 2.97. The molecule has 0 saturated carbocycles. The summed E-state index contributed by atoms with van der Waals surface area (Å²) >= 11 is 0. The van der Waals surface area contributed by atoms with E-state index in [1.807, 2.05) is 0 Å². The van der Waals surface area contributed by atoms with Crippen molar-refractivity contribution in [2.24, 2.45) is 0 Å². The van der Waals surface area contributed by atoms with Crippen molar-refractivity contribution in [2.75, 3.05) is 13.2 Å². The molecule has 2 unspecified atom stereocenters. The number of morpholine rings is 1. The lowest BCUT2D eigenvalue weighted by Crippen LogP contribution is -2.41. The largest absolute Gasteiger partial charge is 0.371 e. The Morgan fingerprint density at radius 2 is 1.71 bits per heavy atom. The number of hydrogen-bond donors (Lipinski definition) is 1. The Hall–Kier alpha value is -0.860. The van der Waals surface area contributed by atoms with Crippen molar-refractivity contribution >= 4 is 0 Å². The smallest absolute Gasteiger partial charge is 0.0955 e. The van der Waals surface area contributed by atoms with Gasteiger partial charge in [0, 0.05) is 12.6 Å². The van der Waals surface area contributed by atoms with Crippen LogP contribution in [0.1, 0.15) is 40.8 Å². The van der Waals surface area contributed by atoms with Gasteiger partial charge in [-0.3, -0.25) is 0 Å². The lowest BCUT2D eigenvalue weighted by atomic mass is 9.90.